The lowest BCUT2D eigenvalue weighted by molar-refractivity contribution is -0.139. The molecule has 1 fully saturated rings. The number of amidine groups is 1. The maximum absolute atomic E-state index is 14.6. The molecule has 1 aromatic heterocycles. The van der Waals surface area contributed by atoms with E-state index in [0.717, 1.165) is 0 Å². The fraction of sp³-hybridized carbons (Fsp3) is 0.440. The zero-order chi connectivity index (χ0) is 26.6. The highest BCUT2D eigenvalue weighted by Crippen LogP contribution is 2.38. The van der Waals surface area contributed by atoms with Crippen LogP contribution < -0.4 is 10.6 Å². The number of nitrogens with one attached hydrogen (secondary N) is 2. The van der Waals surface area contributed by atoms with E-state index >= 15 is 0 Å². The van der Waals surface area contributed by atoms with Crippen LogP contribution in [0.4, 0.5) is 13.2 Å². The smallest absolute Gasteiger partial charge is 0.338 e. The number of carbonyl (C=O) groups is 1. The standard InChI is InChI=1S/C25H27F3N6O2S/c1-3-36-24(35)20-19(12-34-13-25(27,28)11-16(34)7-8-30-14-29)32-22(23-31-9-10-37-23)33-21(20)17-5-4-6-18(26)15(17)2/h4-6,9-10,16,21,30H,3,7-8,11-13H2,1-2H3,(H,32,33)/t16-,21-/m0/s1. The molecule has 37 heavy (non-hydrogen) atoms. The molecule has 1 saturated heterocycles. The lowest BCUT2D eigenvalue weighted by Crippen LogP contribution is -2.42. The van der Waals surface area contributed by atoms with Crippen LogP contribution in [0.25, 0.3) is 0 Å². The van der Waals surface area contributed by atoms with Gasteiger partial charge in [0.05, 0.1) is 18.7 Å². The summed E-state index contributed by atoms with van der Waals surface area (Å²) >= 11 is 1.32. The van der Waals surface area contributed by atoms with Crippen molar-refractivity contribution in [2.45, 2.75) is 44.7 Å². The van der Waals surface area contributed by atoms with Crippen molar-refractivity contribution >= 4 is 23.1 Å². The number of alkyl halides is 2. The van der Waals surface area contributed by atoms with E-state index in [9.17, 15) is 18.0 Å². The number of ether oxygens (including phenoxy) is 1. The molecule has 0 radical (unpaired) electrons. The number of rotatable bonds is 9. The molecule has 4 rings (SSSR count). The second-order valence-electron chi connectivity index (χ2n) is 8.86. The van der Waals surface area contributed by atoms with Gasteiger partial charge in [0.1, 0.15) is 11.9 Å². The predicted molar refractivity (Wildman–Crippen MR) is 132 cm³/mol. The Hall–Kier alpha value is -3.43. The number of halogens is 3. The minimum absolute atomic E-state index is 0.0176. The van der Waals surface area contributed by atoms with Crippen molar-refractivity contribution < 1.29 is 22.7 Å². The van der Waals surface area contributed by atoms with Gasteiger partial charge in [-0.05, 0) is 37.5 Å². The average Bonchev–Trinajstić information content (AvgIpc) is 3.48. The first-order valence-corrected chi connectivity index (χ1v) is 12.8. The van der Waals surface area contributed by atoms with Gasteiger partial charge in [-0.1, -0.05) is 12.1 Å². The highest BCUT2D eigenvalue weighted by molar-refractivity contribution is 7.11. The summed E-state index contributed by atoms with van der Waals surface area (Å²) in [6.07, 6.45) is 3.38. The fourth-order valence-electron chi connectivity index (χ4n) is 4.70. The minimum atomic E-state index is -2.92. The van der Waals surface area contributed by atoms with E-state index in [4.69, 9.17) is 15.0 Å². The number of aromatic nitrogens is 1. The van der Waals surface area contributed by atoms with Gasteiger partial charge in [-0.2, -0.15) is 5.26 Å². The van der Waals surface area contributed by atoms with Gasteiger partial charge in [-0.15, -0.1) is 11.3 Å². The Morgan fingerprint density at radius 2 is 2.24 bits per heavy atom. The normalized spacial score (nSPS) is 21.2. The fourth-order valence-corrected chi connectivity index (χ4v) is 5.28. The lowest BCUT2D eigenvalue weighted by Gasteiger charge is -2.31. The first kappa shape index (κ1) is 26.6. The Labute approximate surface area is 216 Å². The number of benzene rings is 1. The Kier molecular flexibility index (Phi) is 8.14. The zero-order valence-corrected chi connectivity index (χ0v) is 21.2. The molecule has 2 aliphatic heterocycles. The molecule has 0 aliphatic carbocycles. The van der Waals surface area contributed by atoms with Crippen LogP contribution in [0.1, 0.15) is 41.9 Å². The van der Waals surface area contributed by atoms with Gasteiger partial charge < -0.3 is 15.4 Å². The molecule has 196 valence electrons. The van der Waals surface area contributed by atoms with Gasteiger partial charge in [0.15, 0.2) is 17.0 Å². The molecule has 0 bridgehead atoms. The van der Waals surface area contributed by atoms with Crippen LogP contribution in [0, 0.1) is 24.2 Å². The van der Waals surface area contributed by atoms with Gasteiger partial charge >= 0.3 is 5.97 Å². The number of carbonyl (C=O) groups excluding carboxylic acids is 1. The van der Waals surface area contributed by atoms with E-state index in [1.54, 1.807) is 42.5 Å². The number of thiazole rings is 1. The summed E-state index contributed by atoms with van der Waals surface area (Å²) < 4.78 is 48.9. The number of hydrogen-bond donors (Lipinski definition) is 2. The van der Waals surface area contributed by atoms with Crippen molar-refractivity contribution in [3.63, 3.8) is 0 Å². The summed E-state index contributed by atoms with van der Waals surface area (Å²) in [5.74, 6) is -3.66. The number of nitrogens with zero attached hydrogens (tertiary/aromatic N) is 4. The van der Waals surface area contributed by atoms with Crippen LogP contribution in [-0.2, 0) is 9.53 Å². The van der Waals surface area contributed by atoms with Gasteiger partial charge in [0, 0.05) is 42.8 Å². The minimum Gasteiger partial charge on any atom is -0.463 e. The summed E-state index contributed by atoms with van der Waals surface area (Å²) in [6, 6.07) is 3.11. The lowest BCUT2D eigenvalue weighted by atomic mass is 9.92. The van der Waals surface area contributed by atoms with E-state index in [1.807, 2.05) is 6.19 Å². The molecule has 2 atom stereocenters. The number of likely N-dealkylation sites (tertiary alicyclic amines) is 1. The van der Waals surface area contributed by atoms with Crippen LogP contribution >= 0.6 is 11.3 Å². The maximum Gasteiger partial charge on any atom is 0.338 e. The van der Waals surface area contributed by atoms with Crippen molar-refractivity contribution in [3.8, 4) is 6.19 Å². The SMILES string of the molecule is CCOC(=O)C1=C(CN2CC(F)(F)C[C@@H]2CCNC#N)NC(c2nccs2)=N[C@H]1c1cccc(F)c1C. The van der Waals surface area contributed by atoms with Gasteiger partial charge in [-0.3, -0.25) is 9.89 Å². The molecule has 0 unspecified atom stereocenters. The number of hydrogen-bond acceptors (Lipinski definition) is 9. The van der Waals surface area contributed by atoms with E-state index in [0.29, 0.717) is 34.1 Å². The van der Waals surface area contributed by atoms with Crippen LogP contribution in [0.3, 0.4) is 0 Å². The molecule has 0 amide bonds. The summed E-state index contributed by atoms with van der Waals surface area (Å²) in [5, 5.41) is 16.7. The highest BCUT2D eigenvalue weighted by atomic mass is 32.1. The zero-order valence-electron chi connectivity index (χ0n) is 20.4. The van der Waals surface area contributed by atoms with Crippen LogP contribution in [-0.4, -0.2) is 59.9 Å². The van der Waals surface area contributed by atoms with Gasteiger partial charge in [0.2, 0.25) is 0 Å². The molecule has 0 saturated carbocycles. The Morgan fingerprint density at radius 3 is 2.95 bits per heavy atom. The topological polar surface area (TPSA) is 103 Å². The number of nitriles is 1. The van der Waals surface area contributed by atoms with Crippen LogP contribution in [0.15, 0.2) is 46.0 Å². The third kappa shape index (κ3) is 5.94. The molecule has 2 aromatic rings. The number of esters is 1. The van der Waals surface area contributed by atoms with Crippen molar-refractivity contribution in [3.05, 3.63) is 63.0 Å². The molecule has 1 aromatic carbocycles. The summed E-state index contributed by atoms with van der Waals surface area (Å²) in [6.45, 7) is 3.10. The van der Waals surface area contributed by atoms with Crippen molar-refractivity contribution in [2.75, 3.05) is 26.2 Å². The van der Waals surface area contributed by atoms with Gasteiger partial charge in [-0.25, -0.2) is 22.9 Å². The Morgan fingerprint density at radius 1 is 1.43 bits per heavy atom. The first-order chi connectivity index (χ1) is 17.7. The second-order valence-corrected chi connectivity index (χ2v) is 9.75. The monoisotopic (exact) mass is 532 g/mol. The molecule has 3 heterocycles. The van der Waals surface area contributed by atoms with Gasteiger partial charge in [0.25, 0.3) is 5.92 Å². The largest absolute Gasteiger partial charge is 0.463 e. The van der Waals surface area contributed by atoms with Crippen LogP contribution in [0.2, 0.25) is 0 Å². The third-order valence-corrected chi connectivity index (χ3v) is 7.17. The van der Waals surface area contributed by atoms with Crippen molar-refractivity contribution in [1.29, 1.82) is 5.26 Å². The van der Waals surface area contributed by atoms with Crippen molar-refractivity contribution in [1.82, 2.24) is 20.5 Å². The van der Waals surface area contributed by atoms with E-state index < -0.39 is 36.3 Å². The molecular weight excluding hydrogens is 505 g/mol. The number of aliphatic imine (C=N–C) groups is 1. The molecule has 2 aliphatic rings. The van der Waals surface area contributed by atoms with E-state index in [2.05, 4.69) is 15.6 Å². The second kappa shape index (κ2) is 11.3. The van der Waals surface area contributed by atoms with E-state index in [-0.39, 0.29) is 31.7 Å². The Balaban J connectivity index is 1.79. The third-order valence-electron chi connectivity index (χ3n) is 6.39. The van der Waals surface area contributed by atoms with Crippen molar-refractivity contribution in [2.24, 2.45) is 4.99 Å². The summed E-state index contributed by atoms with van der Waals surface area (Å²) in [4.78, 5) is 23.9. The molecule has 2 N–H and O–H groups in total. The summed E-state index contributed by atoms with van der Waals surface area (Å²) in [7, 11) is 0. The quantitative estimate of drug-likeness (QED) is 0.220. The predicted octanol–water partition coefficient (Wildman–Crippen LogP) is 3.67. The van der Waals surface area contributed by atoms with E-state index in [1.165, 1.54) is 17.4 Å². The average molecular weight is 533 g/mol. The first-order valence-electron chi connectivity index (χ1n) is 11.9. The molecular formula is C25H27F3N6O2S. The van der Waals surface area contributed by atoms with Crippen LogP contribution in [0.5, 0.6) is 0 Å². The maximum atomic E-state index is 14.6. The molecule has 0 spiro atoms. The molecule has 8 nitrogen and oxygen atoms in total. The Bertz CT molecular complexity index is 1240. The highest BCUT2D eigenvalue weighted by Gasteiger charge is 2.45. The summed E-state index contributed by atoms with van der Waals surface area (Å²) in [5.41, 5.74) is 1.28. The molecule has 12 heteroatoms.